The van der Waals surface area contributed by atoms with Crippen LogP contribution in [-0.4, -0.2) is 5.91 Å². The summed E-state index contributed by atoms with van der Waals surface area (Å²) < 4.78 is 13.0. The monoisotopic (exact) mass is 306 g/mol. The molecule has 0 aliphatic carbocycles. The maximum atomic E-state index is 13.0. The lowest BCUT2D eigenvalue weighted by Gasteiger charge is -2.04. The van der Waals surface area contributed by atoms with Crippen LogP contribution in [0.25, 0.3) is 6.08 Å². The number of nitriles is 1. The Labute approximate surface area is 123 Å². The SMILES string of the molecule is N#C/C(=C\c1cccs1)C(=O)Nc1ccc(F)c(Cl)c1. The molecule has 0 bridgehead atoms. The second-order valence-corrected chi connectivity index (χ2v) is 5.15. The lowest BCUT2D eigenvalue weighted by atomic mass is 10.2. The van der Waals surface area contributed by atoms with Crippen molar-refractivity contribution in [3.63, 3.8) is 0 Å². The first kappa shape index (κ1) is 14.3. The summed E-state index contributed by atoms with van der Waals surface area (Å²) in [6.45, 7) is 0. The van der Waals surface area contributed by atoms with Crippen LogP contribution in [0.2, 0.25) is 5.02 Å². The molecule has 2 aromatic rings. The third kappa shape index (κ3) is 3.44. The van der Waals surface area contributed by atoms with Gasteiger partial charge in [0.15, 0.2) is 0 Å². The van der Waals surface area contributed by atoms with Crippen LogP contribution in [-0.2, 0) is 4.79 Å². The van der Waals surface area contributed by atoms with Crippen molar-refractivity contribution in [1.82, 2.24) is 0 Å². The van der Waals surface area contributed by atoms with Crippen molar-refractivity contribution in [2.24, 2.45) is 0 Å². The molecule has 1 amide bonds. The topological polar surface area (TPSA) is 52.9 Å². The number of hydrogen-bond donors (Lipinski definition) is 1. The van der Waals surface area contributed by atoms with E-state index in [-0.39, 0.29) is 10.6 Å². The number of carbonyl (C=O) groups excluding carboxylic acids is 1. The molecule has 2 rings (SSSR count). The predicted molar refractivity (Wildman–Crippen MR) is 77.9 cm³/mol. The molecule has 3 nitrogen and oxygen atoms in total. The average molecular weight is 307 g/mol. The molecule has 1 aromatic carbocycles. The van der Waals surface area contributed by atoms with E-state index in [2.05, 4.69) is 5.32 Å². The highest BCUT2D eigenvalue weighted by Gasteiger charge is 2.10. The Hall–Kier alpha value is -2.16. The van der Waals surface area contributed by atoms with E-state index in [0.29, 0.717) is 5.69 Å². The predicted octanol–water partition coefficient (Wildman–Crippen LogP) is 4.09. The van der Waals surface area contributed by atoms with Gasteiger partial charge in [-0.25, -0.2) is 4.39 Å². The fourth-order valence-electron chi connectivity index (χ4n) is 1.44. The quantitative estimate of drug-likeness (QED) is 0.686. The molecule has 0 spiro atoms. The first-order valence-electron chi connectivity index (χ1n) is 5.52. The largest absolute Gasteiger partial charge is 0.321 e. The van der Waals surface area contributed by atoms with Crippen LogP contribution in [0.1, 0.15) is 4.88 Å². The summed E-state index contributed by atoms with van der Waals surface area (Å²) >= 11 is 7.04. The highest BCUT2D eigenvalue weighted by molar-refractivity contribution is 7.10. The van der Waals surface area contributed by atoms with Crippen LogP contribution in [0.15, 0.2) is 41.3 Å². The molecule has 0 saturated heterocycles. The lowest BCUT2D eigenvalue weighted by Crippen LogP contribution is -2.13. The number of halogens is 2. The minimum atomic E-state index is -0.570. The van der Waals surface area contributed by atoms with E-state index in [1.165, 1.54) is 29.5 Å². The number of rotatable bonds is 3. The summed E-state index contributed by atoms with van der Waals surface area (Å²) in [4.78, 5) is 12.7. The maximum Gasteiger partial charge on any atom is 0.266 e. The fraction of sp³-hybridized carbons (Fsp3) is 0. The van der Waals surface area contributed by atoms with Gasteiger partial charge in [0.2, 0.25) is 0 Å². The van der Waals surface area contributed by atoms with Gasteiger partial charge in [-0.1, -0.05) is 17.7 Å². The summed E-state index contributed by atoms with van der Waals surface area (Å²) in [6.07, 6.45) is 1.49. The molecule has 0 radical (unpaired) electrons. The molecule has 0 aliphatic rings. The number of hydrogen-bond acceptors (Lipinski definition) is 3. The number of nitrogens with zero attached hydrogens (tertiary/aromatic N) is 1. The van der Waals surface area contributed by atoms with Gasteiger partial charge in [-0.2, -0.15) is 5.26 Å². The van der Waals surface area contributed by atoms with Crippen molar-refractivity contribution in [2.75, 3.05) is 5.32 Å². The van der Waals surface area contributed by atoms with Gasteiger partial charge in [0.05, 0.1) is 5.02 Å². The van der Waals surface area contributed by atoms with Crippen molar-refractivity contribution in [3.05, 3.63) is 57.0 Å². The fourth-order valence-corrected chi connectivity index (χ4v) is 2.27. The van der Waals surface area contributed by atoms with Crippen molar-refractivity contribution in [3.8, 4) is 6.07 Å². The molecule has 1 N–H and O–H groups in total. The van der Waals surface area contributed by atoms with Crippen LogP contribution in [0.5, 0.6) is 0 Å². The van der Waals surface area contributed by atoms with Crippen LogP contribution >= 0.6 is 22.9 Å². The second kappa shape index (κ2) is 6.33. The molecule has 0 fully saturated rings. The maximum absolute atomic E-state index is 13.0. The minimum absolute atomic E-state index is 0.0344. The van der Waals surface area contributed by atoms with Crippen LogP contribution in [0, 0.1) is 17.1 Å². The summed E-state index contributed by atoms with van der Waals surface area (Å²) in [6, 6.07) is 9.26. The highest BCUT2D eigenvalue weighted by atomic mass is 35.5. The number of anilines is 1. The van der Waals surface area contributed by atoms with Gasteiger partial charge in [0.1, 0.15) is 17.5 Å². The molecule has 0 saturated carbocycles. The first-order chi connectivity index (χ1) is 9.60. The van der Waals surface area contributed by atoms with Gasteiger partial charge in [-0.3, -0.25) is 4.79 Å². The van der Waals surface area contributed by atoms with E-state index < -0.39 is 11.7 Å². The van der Waals surface area contributed by atoms with Crippen molar-refractivity contribution in [1.29, 1.82) is 5.26 Å². The third-order valence-corrected chi connectivity index (χ3v) is 3.48. The van der Waals surface area contributed by atoms with Crippen LogP contribution < -0.4 is 5.32 Å². The Morgan fingerprint density at radius 1 is 1.45 bits per heavy atom. The van der Waals surface area contributed by atoms with Crippen LogP contribution in [0.4, 0.5) is 10.1 Å². The Kier molecular flexibility index (Phi) is 4.51. The zero-order valence-corrected chi connectivity index (χ0v) is 11.6. The first-order valence-corrected chi connectivity index (χ1v) is 6.77. The van der Waals surface area contributed by atoms with Gasteiger partial charge in [-0.05, 0) is 35.7 Å². The zero-order valence-electron chi connectivity index (χ0n) is 10.1. The van der Waals surface area contributed by atoms with E-state index in [4.69, 9.17) is 16.9 Å². The van der Waals surface area contributed by atoms with Crippen LogP contribution in [0.3, 0.4) is 0 Å². The molecule has 1 aromatic heterocycles. The molecule has 0 unspecified atom stereocenters. The number of nitrogens with one attached hydrogen (secondary N) is 1. The standard InChI is InChI=1S/C14H8ClFN2OS/c15-12-7-10(3-4-13(12)16)18-14(19)9(8-17)6-11-2-1-5-20-11/h1-7H,(H,18,19)/b9-6+. The van der Waals surface area contributed by atoms with Gasteiger partial charge in [-0.15, -0.1) is 11.3 Å². The Morgan fingerprint density at radius 2 is 2.25 bits per heavy atom. The molecule has 100 valence electrons. The normalized spacial score (nSPS) is 10.9. The molecular formula is C14H8ClFN2OS. The average Bonchev–Trinajstić information content (AvgIpc) is 2.93. The van der Waals surface area contributed by atoms with Gasteiger partial charge in [0.25, 0.3) is 5.91 Å². The highest BCUT2D eigenvalue weighted by Crippen LogP contribution is 2.20. The molecule has 0 atom stereocenters. The minimum Gasteiger partial charge on any atom is -0.321 e. The van der Waals surface area contributed by atoms with Crippen molar-refractivity contribution >= 4 is 40.6 Å². The molecule has 20 heavy (non-hydrogen) atoms. The number of thiophene rings is 1. The summed E-state index contributed by atoms with van der Waals surface area (Å²) in [5.41, 5.74) is 0.293. The van der Waals surface area contributed by atoms with E-state index in [9.17, 15) is 9.18 Å². The lowest BCUT2D eigenvalue weighted by molar-refractivity contribution is -0.112. The van der Waals surface area contributed by atoms with E-state index >= 15 is 0 Å². The van der Waals surface area contributed by atoms with Crippen molar-refractivity contribution in [2.45, 2.75) is 0 Å². The summed E-state index contributed by atoms with van der Waals surface area (Å²) in [5.74, 6) is -1.14. The van der Waals surface area contributed by atoms with E-state index in [0.717, 1.165) is 10.9 Å². The van der Waals surface area contributed by atoms with Gasteiger partial charge >= 0.3 is 0 Å². The van der Waals surface area contributed by atoms with Crippen molar-refractivity contribution < 1.29 is 9.18 Å². The van der Waals surface area contributed by atoms with E-state index in [1.807, 2.05) is 17.5 Å². The van der Waals surface area contributed by atoms with Gasteiger partial charge in [0, 0.05) is 10.6 Å². The summed E-state index contributed by atoms with van der Waals surface area (Å²) in [5, 5.41) is 13.3. The molecule has 0 aliphatic heterocycles. The number of carbonyl (C=O) groups is 1. The summed E-state index contributed by atoms with van der Waals surface area (Å²) in [7, 11) is 0. The molecular weight excluding hydrogens is 299 g/mol. The van der Waals surface area contributed by atoms with E-state index in [1.54, 1.807) is 6.07 Å². The zero-order chi connectivity index (χ0) is 14.5. The Balaban J connectivity index is 2.18. The van der Waals surface area contributed by atoms with Gasteiger partial charge < -0.3 is 5.32 Å². The number of benzene rings is 1. The Morgan fingerprint density at radius 3 is 2.85 bits per heavy atom. The number of amides is 1. The molecule has 1 heterocycles. The second-order valence-electron chi connectivity index (χ2n) is 3.77. The third-order valence-electron chi connectivity index (χ3n) is 2.37. The molecule has 6 heteroatoms. The smallest absolute Gasteiger partial charge is 0.266 e. The Bertz CT molecular complexity index is 704.